The summed E-state index contributed by atoms with van der Waals surface area (Å²) >= 11 is 0. The van der Waals surface area contributed by atoms with Gasteiger partial charge in [-0.2, -0.15) is 0 Å². The summed E-state index contributed by atoms with van der Waals surface area (Å²) in [5.41, 5.74) is 0.963. The van der Waals surface area contributed by atoms with Gasteiger partial charge in [0.05, 0.1) is 0 Å². The monoisotopic (exact) mass is 251 g/mol. The highest BCUT2D eigenvalue weighted by Gasteiger charge is 2.29. The Hall–Kier alpha value is -1.55. The number of carbonyl (C=O) groups excluding carboxylic acids is 1. The highest BCUT2D eigenvalue weighted by molar-refractivity contribution is 5.67. The molecule has 0 aromatic carbocycles. The summed E-state index contributed by atoms with van der Waals surface area (Å²) in [6.07, 6.45) is 8.50. The molecule has 0 bridgehead atoms. The number of alkyl carbamates (subject to hydrolysis) is 1. The van der Waals surface area contributed by atoms with Crippen molar-refractivity contribution in [3.8, 4) is 0 Å². The van der Waals surface area contributed by atoms with Crippen LogP contribution in [-0.4, -0.2) is 30.5 Å². The van der Waals surface area contributed by atoms with Gasteiger partial charge in [-0.25, -0.2) is 4.79 Å². The maximum atomic E-state index is 11.4. The second-order valence-electron chi connectivity index (χ2n) is 4.57. The van der Waals surface area contributed by atoms with Crippen LogP contribution in [-0.2, 0) is 4.74 Å². The van der Waals surface area contributed by atoms with Gasteiger partial charge in [0.1, 0.15) is 6.61 Å². The zero-order valence-corrected chi connectivity index (χ0v) is 10.8. The number of amides is 1. The Balaban J connectivity index is 2.15. The molecule has 0 spiro atoms. The molecule has 0 atom stereocenters. The van der Waals surface area contributed by atoms with Crippen LogP contribution in [0.5, 0.6) is 0 Å². The second-order valence-corrected chi connectivity index (χ2v) is 4.57. The maximum Gasteiger partial charge on any atom is 0.407 e. The molecule has 0 aromatic rings. The number of rotatable bonds is 6. The number of hydrogen-bond acceptors (Lipinski definition) is 3. The first-order valence-electron chi connectivity index (χ1n) is 6.14. The van der Waals surface area contributed by atoms with Gasteiger partial charge in [0, 0.05) is 12.6 Å². The fourth-order valence-corrected chi connectivity index (χ4v) is 1.74. The van der Waals surface area contributed by atoms with E-state index in [4.69, 9.17) is 9.84 Å². The first-order chi connectivity index (χ1) is 8.65. The SMILES string of the molecule is C=C/C=C\C=C(/C)COC(=O)NC1CC(CO)C1. The van der Waals surface area contributed by atoms with E-state index in [0.29, 0.717) is 5.92 Å². The number of aliphatic hydroxyl groups excluding tert-OH is 1. The average Bonchev–Trinajstić information content (AvgIpc) is 2.31. The Morgan fingerprint density at radius 1 is 1.50 bits per heavy atom. The third-order valence-corrected chi connectivity index (χ3v) is 2.87. The summed E-state index contributed by atoms with van der Waals surface area (Å²) in [4.78, 5) is 11.4. The molecule has 1 aliphatic carbocycles. The minimum atomic E-state index is -0.392. The molecule has 2 N–H and O–H groups in total. The van der Waals surface area contributed by atoms with Gasteiger partial charge in [0.25, 0.3) is 0 Å². The van der Waals surface area contributed by atoms with Crippen molar-refractivity contribution in [1.29, 1.82) is 0 Å². The number of carbonyl (C=O) groups is 1. The normalized spacial score (nSPS) is 23.6. The fourth-order valence-electron chi connectivity index (χ4n) is 1.74. The molecule has 1 saturated carbocycles. The Morgan fingerprint density at radius 3 is 2.83 bits per heavy atom. The Labute approximate surface area is 108 Å². The molecule has 1 amide bonds. The highest BCUT2D eigenvalue weighted by atomic mass is 16.5. The molecular weight excluding hydrogens is 230 g/mol. The summed E-state index contributed by atoms with van der Waals surface area (Å²) in [5.74, 6) is 0.334. The standard InChI is InChI=1S/C14H21NO3/c1-3-4-5-6-11(2)10-18-14(17)15-13-7-12(8-13)9-16/h3-6,12-13,16H,1,7-10H2,2H3,(H,15,17)/b5-4-,11-6+. The smallest absolute Gasteiger partial charge is 0.407 e. The van der Waals surface area contributed by atoms with Gasteiger partial charge in [-0.05, 0) is 31.3 Å². The lowest BCUT2D eigenvalue weighted by Gasteiger charge is -2.34. The number of hydrogen-bond donors (Lipinski definition) is 2. The van der Waals surface area contributed by atoms with E-state index < -0.39 is 6.09 Å². The molecular formula is C14H21NO3. The average molecular weight is 251 g/mol. The molecule has 1 aliphatic rings. The van der Waals surface area contributed by atoms with Crippen molar-refractivity contribution < 1.29 is 14.6 Å². The van der Waals surface area contributed by atoms with E-state index in [1.807, 2.05) is 25.2 Å². The van der Waals surface area contributed by atoms with Crippen LogP contribution in [0.4, 0.5) is 4.79 Å². The largest absolute Gasteiger partial charge is 0.445 e. The third-order valence-electron chi connectivity index (χ3n) is 2.87. The zero-order valence-electron chi connectivity index (χ0n) is 10.8. The highest BCUT2D eigenvalue weighted by Crippen LogP contribution is 2.26. The Kier molecular flexibility index (Phi) is 6.22. The van der Waals surface area contributed by atoms with Crippen molar-refractivity contribution in [2.75, 3.05) is 13.2 Å². The lowest BCUT2D eigenvalue weighted by molar-refractivity contribution is 0.108. The molecule has 0 aliphatic heterocycles. The van der Waals surface area contributed by atoms with Gasteiger partial charge in [0.2, 0.25) is 0 Å². The van der Waals surface area contributed by atoms with Crippen LogP contribution in [0.1, 0.15) is 19.8 Å². The molecule has 18 heavy (non-hydrogen) atoms. The van der Waals surface area contributed by atoms with E-state index in [2.05, 4.69) is 11.9 Å². The van der Waals surface area contributed by atoms with Crippen molar-refractivity contribution in [2.45, 2.75) is 25.8 Å². The van der Waals surface area contributed by atoms with Crippen molar-refractivity contribution in [3.63, 3.8) is 0 Å². The molecule has 0 heterocycles. The topological polar surface area (TPSA) is 58.6 Å². The number of allylic oxidation sites excluding steroid dienone is 4. The Bertz CT molecular complexity index is 341. The van der Waals surface area contributed by atoms with E-state index in [0.717, 1.165) is 18.4 Å². The lowest BCUT2D eigenvalue weighted by atomic mass is 9.81. The summed E-state index contributed by atoms with van der Waals surface area (Å²) in [5, 5.41) is 11.6. The van der Waals surface area contributed by atoms with Crippen LogP contribution in [0, 0.1) is 5.92 Å². The number of nitrogens with one attached hydrogen (secondary N) is 1. The minimum absolute atomic E-state index is 0.152. The van der Waals surface area contributed by atoms with Crippen LogP contribution in [0.3, 0.4) is 0 Å². The zero-order chi connectivity index (χ0) is 13.4. The summed E-state index contributed by atoms with van der Waals surface area (Å²) in [6.45, 7) is 5.94. The number of ether oxygens (including phenoxy) is 1. The van der Waals surface area contributed by atoms with Crippen molar-refractivity contribution in [3.05, 3.63) is 36.5 Å². The van der Waals surface area contributed by atoms with Gasteiger partial charge in [-0.1, -0.05) is 30.9 Å². The number of aliphatic hydroxyl groups is 1. The molecule has 1 rings (SSSR count). The van der Waals surface area contributed by atoms with Gasteiger partial charge >= 0.3 is 6.09 Å². The third kappa shape index (κ3) is 5.19. The first kappa shape index (κ1) is 14.5. The van der Waals surface area contributed by atoms with Gasteiger partial charge < -0.3 is 15.2 Å². The summed E-state index contributed by atoms with van der Waals surface area (Å²) in [6, 6.07) is 0.152. The first-order valence-corrected chi connectivity index (χ1v) is 6.14. The maximum absolute atomic E-state index is 11.4. The molecule has 4 nitrogen and oxygen atoms in total. The van der Waals surface area contributed by atoms with Crippen LogP contribution in [0.2, 0.25) is 0 Å². The Morgan fingerprint density at radius 2 is 2.22 bits per heavy atom. The predicted octanol–water partition coefficient (Wildman–Crippen LogP) is 2.17. The summed E-state index contributed by atoms with van der Waals surface area (Å²) in [7, 11) is 0. The molecule has 100 valence electrons. The second kappa shape index (κ2) is 7.71. The van der Waals surface area contributed by atoms with Crippen molar-refractivity contribution in [1.82, 2.24) is 5.32 Å². The minimum Gasteiger partial charge on any atom is -0.445 e. The van der Waals surface area contributed by atoms with E-state index in [1.165, 1.54) is 0 Å². The van der Waals surface area contributed by atoms with Gasteiger partial charge in [0.15, 0.2) is 0 Å². The lowest BCUT2D eigenvalue weighted by Crippen LogP contribution is -2.45. The van der Waals surface area contributed by atoms with E-state index in [-0.39, 0.29) is 19.3 Å². The fraction of sp³-hybridized carbons (Fsp3) is 0.500. The summed E-state index contributed by atoms with van der Waals surface area (Å²) < 4.78 is 5.07. The van der Waals surface area contributed by atoms with Crippen LogP contribution in [0.25, 0.3) is 0 Å². The quantitative estimate of drug-likeness (QED) is 0.711. The van der Waals surface area contributed by atoms with E-state index in [1.54, 1.807) is 6.08 Å². The van der Waals surface area contributed by atoms with Crippen LogP contribution < -0.4 is 5.32 Å². The van der Waals surface area contributed by atoms with Crippen LogP contribution in [0.15, 0.2) is 36.5 Å². The molecule has 0 saturated heterocycles. The molecule has 0 radical (unpaired) electrons. The molecule has 4 heteroatoms. The van der Waals surface area contributed by atoms with Crippen LogP contribution >= 0.6 is 0 Å². The molecule has 0 unspecified atom stereocenters. The van der Waals surface area contributed by atoms with Gasteiger partial charge in [-0.3, -0.25) is 0 Å². The molecule has 0 aromatic heterocycles. The molecule has 1 fully saturated rings. The van der Waals surface area contributed by atoms with E-state index in [9.17, 15) is 4.79 Å². The van der Waals surface area contributed by atoms with E-state index >= 15 is 0 Å². The van der Waals surface area contributed by atoms with Gasteiger partial charge in [-0.15, -0.1) is 0 Å². The van der Waals surface area contributed by atoms with Crippen molar-refractivity contribution >= 4 is 6.09 Å². The van der Waals surface area contributed by atoms with Crippen molar-refractivity contribution in [2.24, 2.45) is 5.92 Å². The predicted molar refractivity (Wildman–Crippen MR) is 71.2 cm³/mol.